The van der Waals surface area contributed by atoms with E-state index in [1.165, 1.54) is 5.56 Å². The molecule has 3 aromatic rings. The summed E-state index contributed by atoms with van der Waals surface area (Å²) in [4.78, 5) is 6.45. The van der Waals surface area contributed by atoms with Crippen molar-refractivity contribution in [2.24, 2.45) is 10.2 Å². The zero-order chi connectivity index (χ0) is 17.8. The summed E-state index contributed by atoms with van der Waals surface area (Å²) in [5.74, 6) is 0. The number of fused-ring (bicyclic) bond motifs is 1. The number of halogens is 1. The number of benzene rings is 2. The molecule has 0 N–H and O–H groups in total. The quantitative estimate of drug-likeness (QED) is 0.388. The molecule has 1 aromatic heterocycles. The van der Waals surface area contributed by atoms with E-state index >= 15 is 0 Å². The highest BCUT2D eigenvalue weighted by molar-refractivity contribution is 6.32. The number of pyridine rings is 1. The van der Waals surface area contributed by atoms with Crippen LogP contribution in [-0.4, -0.2) is 31.5 Å². The van der Waals surface area contributed by atoms with Crippen LogP contribution >= 0.6 is 11.6 Å². The van der Waals surface area contributed by atoms with Gasteiger partial charge in [-0.3, -0.25) is 0 Å². The maximum absolute atomic E-state index is 6.23. The monoisotopic (exact) mass is 350 g/mol. The van der Waals surface area contributed by atoms with Gasteiger partial charge in [0, 0.05) is 30.7 Å². The molecule has 126 valence electrons. The van der Waals surface area contributed by atoms with E-state index in [0.717, 1.165) is 27.7 Å². The molecule has 0 spiro atoms. The SMILES string of the molecule is Cc1ccc2nc(Cl)c(/C=N/N=C/c3ccc(N(C)C)cc3)cc2c1. The van der Waals surface area contributed by atoms with Crippen LogP contribution in [0.1, 0.15) is 16.7 Å². The maximum atomic E-state index is 6.23. The Hall–Kier alpha value is -2.72. The Labute approximate surface area is 152 Å². The molecule has 25 heavy (non-hydrogen) atoms. The van der Waals surface area contributed by atoms with Gasteiger partial charge in [-0.2, -0.15) is 10.2 Å². The van der Waals surface area contributed by atoms with Crippen molar-refractivity contribution in [1.82, 2.24) is 4.98 Å². The fourth-order valence-electron chi connectivity index (χ4n) is 2.43. The van der Waals surface area contributed by atoms with Gasteiger partial charge in [-0.25, -0.2) is 4.98 Å². The lowest BCUT2D eigenvalue weighted by Crippen LogP contribution is -2.08. The summed E-state index contributed by atoms with van der Waals surface area (Å²) in [5, 5.41) is 9.65. The van der Waals surface area contributed by atoms with Crippen LogP contribution in [0, 0.1) is 6.92 Å². The summed E-state index contributed by atoms with van der Waals surface area (Å²) in [7, 11) is 4.02. The first-order valence-electron chi connectivity index (χ1n) is 7.93. The van der Waals surface area contributed by atoms with E-state index in [1.54, 1.807) is 12.4 Å². The van der Waals surface area contributed by atoms with Crippen LogP contribution in [0.2, 0.25) is 5.15 Å². The Morgan fingerprint density at radius 1 is 0.960 bits per heavy atom. The Balaban J connectivity index is 1.77. The fraction of sp³-hybridized carbons (Fsp3) is 0.150. The predicted molar refractivity (Wildman–Crippen MR) is 107 cm³/mol. The lowest BCUT2D eigenvalue weighted by Gasteiger charge is -2.11. The van der Waals surface area contributed by atoms with E-state index in [-0.39, 0.29) is 0 Å². The number of hydrogen-bond donors (Lipinski definition) is 0. The summed E-state index contributed by atoms with van der Waals surface area (Å²) >= 11 is 6.23. The Kier molecular flexibility index (Phi) is 5.10. The Bertz CT molecular complexity index is 944. The minimum absolute atomic E-state index is 0.422. The molecule has 5 heteroatoms. The number of nitrogens with zero attached hydrogens (tertiary/aromatic N) is 4. The third kappa shape index (κ3) is 4.22. The molecule has 0 bridgehead atoms. The first-order valence-corrected chi connectivity index (χ1v) is 8.31. The second-order valence-corrected chi connectivity index (χ2v) is 6.40. The van der Waals surface area contributed by atoms with Gasteiger partial charge >= 0.3 is 0 Å². The normalized spacial score (nSPS) is 11.7. The van der Waals surface area contributed by atoms with E-state index in [1.807, 2.05) is 63.5 Å². The van der Waals surface area contributed by atoms with Crippen molar-refractivity contribution in [1.29, 1.82) is 0 Å². The van der Waals surface area contributed by atoms with E-state index < -0.39 is 0 Å². The van der Waals surface area contributed by atoms with E-state index in [9.17, 15) is 0 Å². The zero-order valence-corrected chi connectivity index (χ0v) is 15.2. The highest BCUT2D eigenvalue weighted by Gasteiger charge is 2.03. The first kappa shape index (κ1) is 17.1. The van der Waals surface area contributed by atoms with Crippen LogP contribution in [0.15, 0.2) is 58.7 Å². The van der Waals surface area contributed by atoms with Gasteiger partial charge in [0.15, 0.2) is 0 Å². The highest BCUT2D eigenvalue weighted by atomic mass is 35.5. The van der Waals surface area contributed by atoms with Crippen LogP contribution in [0.25, 0.3) is 10.9 Å². The smallest absolute Gasteiger partial charge is 0.138 e. The summed E-state index contributed by atoms with van der Waals surface area (Å²) < 4.78 is 0. The third-order valence-electron chi connectivity index (χ3n) is 3.83. The summed E-state index contributed by atoms with van der Waals surface area (Å²) in [5.41, 5.74) is 4.93. The zero-order valence-electron chi connectivity index (χ0n) is 14.4. The minimum Gasteiger partial charge on any atom is -0.378 e. The topological polar surface area (TPSA) is 40.9 Å². The molecule has 0 radical (unpaired) electrons. The third-order valence-corrected chi connectivity index (χ3v) is 4.13. The standard InChI is InChI=1S/C20H19ClN4/c1-14-4-9-19-16(10-14)11-17(20(21)24-19)13-23-22-12-15-5-7-18(8-6-15)25(2)3/h4-13H,1-3H3/b22-12+,23-13+. The molecular weight excluding hydrogens is 332 g/mol. The highest BCUT2D eigenvalue weighted by Crippen LogP contribution is 2.20. The van der Waals surface area contributed by atoms with Crippen LogP contribution < -0.4 is 4.90 Å². The molecule has 0 saturated carbocycles. The van der Waals surface area contributed by atoms with Crippen molar-refractivity contribution in [2.45, 2.75) is 6.92 Å². The summed E-state index contributed by atoms with van der Waals surface area (Å²) in [6.07, 6.45) is 3.34. The number of aryl methyl sites for hydroxylation is 1. The molecule has 0 unspecified atom stereocenters. The van der Waals surface area contributed by atoms with Crippen molar-refractivity contribution >= 4 is 40.6 Å². The average Bonchev–Trinajstić information content (AvgIpc) is 2.59. The number of rotatable bonds is 4. The van der Waals surface area contributed by atoms with Crippen molar-refractivity contribution in [2.75, 3.05) is 19.0 Å². The second kappa shape index (κ2) is 7.45. The van der Waals surface area contributed by atoms with Crippen LogP contribution in [0.4, 0.5) is 5.69 Å². The fourth-order valence-corrected chi connectivity index (χ4v) is 2.63. The molecule has 4 nitrogen and oxygen atoms in total. The van der Waals surface area contributed by atoms with Crippen molar-refractivity contribution in [3.63, 3.8) is 0 Å². The van der Waals surface area contributed by atoms with Crippen molar-refractivity contribution < 1.29 is 0 Å². The molecule has 1 heterocycles. The molecule has 0 saturated heterocycles. The Morgan fingerprint density at radius 2 is 1.68 bits per heavy atom. The molecule has 0 fully saturated rings. The summed E-state index contributed by atoms with van der Waals surface area (Å²) in [6, 6.07) is 16.1. The molecule has 3 rings (SSSR count). The lowest BCUT2D eigenvalue weighted by atomic mass is 10.1. The van der Waals surface area contributed by atoms with Crippen LogP contribution in [-0.2, 0) is 0 Å². The van der Waals surface area contributed by atoms with E-state index in [2.05, 4.69) is 26.2 Å². The van der Waals surface area contributed by atoms with E-state index in [4.69, 9.17) is 11.6 Å². The van der Waals surface area contributed by atoms with Crippen LogP contribution in [0.3, 0.4) is 0 Å². The van der Waals surface area contributed by atoms with Gasteiger partial charge in [-0.1, -0.05) is 35.4 Å². The van der Waals surface area contributed by atoms with Gasteiger partial charge in [0.1, 0.15) is 5.15 Å². The molecule has 0 aliphatic heterocycles. The number of aromatic nitrogens is 1. The maximum Gasteiger partial charge on any atom is 0.138 e. The van der Waals surface area contributed by atoms with Crippen LogP contribution in [0.5, 0.6) is 0 Å². The average molecular weight is 351 g/mol. The molecule has 0 atom stereocenters. The molecule has 0 aliphatic rings. The molecule has 2 aromatic carbocycles. The predicted octanol–water partition coefficient (Wildman–Crippen LogP) is 4.72. The van der Waals surface area contributed by atoms with Gasteiger partial charge in [0.25, 0.3) is 0 Å². The Morgan fingerprint density at radius 3 is 2.40 bits per heavy atom. The van der Waals surface area contributed by atoms with Gasteiger partial charge in [-0.15, -0.1) is 0 Å². The van der Waals surface area contributed by atoms with Gasteiger partial charge in [-0.05, 0) is 42.8 Å². The molecule has 0 aliphatic carbocycles. The lowest BCUT2D eigenvalue weighted by molar-refractivity contribution is 1.13. The molecular formula is C20H19ClN4. The molecule has 0 amide bonds. The summed E-state index contributed by atoms with van der Waals surface area (Å²) in [6.45, 7) is 2.05. The second-order valence-electron chi connectivity index (χ2n) is 6.04. The number of hydrogen-bond acceptors (Lipinski definition) is 4. The largest absolute Gasteiger partial charge is 0.378 e. The van der Waals surface area contributed by atoms with Gasteiger partial charge in [0.2, 0.25) is 0 Å². The first-order chi connectivity index (χ1) is 12.0. The van der Waals surface area contributed by atoms with Crippen molar-refractivity contribution in [3.05, 3.63) is 70.4 Å². The van der Waals surface area contributed by atoms with E-state index in [0.29, 0.717) is 5.15 Å². The van der Waals surface area contributed by atoms with Crippen molar-refractivity contribution in [3.8, 4) is 0 Å². The van der Waals surface area contributed by atoms with Gasteiger partial charge < -0.3 is 4.90 Å². The minimum atomic E-state index is 0.422. The number of anilines is 1. The van der Waals surface area contributed by atoms with Gasteiger partial charge in [0.05, 0.1) is 17.9 Å².